The Balaban J connectivity index is 2.39. The number of hydrogen-bond acceptors (Lipinski definition) is 3. The van der Waals surface area contributed by atoms with E-state index in [9.17, 15) is 9.59 Å². The molecule has 12 heavy (non-hydrogen) atoms. The molecule has 0 aliphatic heterocycles. The zero-order valence-corrected chi connectivity index (χ0v) is 8.46. The molecule has 1 rings (SSSR count). The average molecular weight is 235 g/mol. The Morgan fingerprint density at radius 2 is 2.17 bits per heavy atom. The van der Waals surface area contributed by atoms with Crippen LogP contribution >= 0.6 is 15.9 Å². The van der Waals surface area contributed by atoms with Gasteiger partial charge in [-0.05, 0) is 25.7 Å². The highest BCUT2D eigenvalue weighted by Gasteiger charge is 2.37. The molecule has 1 saturated carbocycles. The summed E-state index contributed by atoms with van der Waals surface area (Å²) in [7, 11) is 0. The van der Waals surface area contributed by atoms with E-state index in [1.165, 1.54) is 0 Å². The molecule has 0 heterocycles. The van der Waals surface area contributed by atoms with E-state index in [0.29, 0.717) is 5.92 Å². The second kappa shape index (κ2) is 4.03. The molecule has 0 aromatic heterocycles. The summed E-state index contributed by atoms with van der Waals surface area (Å²) in [6.45, 7) is 1.94. The summed E-state index contributed by atoms with van der Waals surface area (Å²) in [4.78, 5) is 21.8. The van der Waals surface area contributed by atoms with Gasteiger partial charge in [-0.3, -0.25) is 4.79 Å². The first kappa shape index (κ1) is 9.71. The molecule has 3 nitrogen and oxygen atoms in total. The lowest BCUT2D eigenvalue weighted by atomic mass is 10.2. The molecule has 0 spiro atoms. The van der Waals surface area contributed by atoms with Crippen molar-refractivity contribution in [2.75, 3.05) is 6.61 Å². The molecule has 0 amide bonds. The fourth-order valence-corrected chi connectivity index (χ4v) is 1.63. The maximum absolute atomic E-state index is 11.2. The second-order valence-corrected chi connectivity index (χ2v) is 3.81. The molecule has 1 aliphatic carbocycles. The number of alkyl halides is 1. The Hall–Kier alpha value is -0.380. The molecule has 1 aliphatic rings. The minimum Gasteiger partial charge on any atom is -0.460 e. The van der Waals surface area contributed by atoms with Gasteiger partial charge in [0.2, 0.25) is 0 Å². The first-order valence-corrected chi connectivity index (χ1v) is 4.93. The Morgan fingerprint density at radius 1 is 1.58 bits per heavy atom. The fraction of sp³-hybridized carbons (Fsp3) is 0.750. The number of carbonyl (C=O) groups is 2. The van der Waals surface area contributed by atoms with Crippen molar-refractivity contribution < 1.29 is 14.3 Å². The quantitative estimate of drug-likeness (QED) is 0.419. The SMILES string of the molecule is CCOC(=O)C(=O)C(Br)C1CC1. The minimum atomic E-state index is -0.716. The van der Waals surface area contributed by atoms with Crippen LogP contribution in [0.5, 0.6) is 0 Å². The number of carbonyl (C=O) groups excluding carboxylic acids is 2. The number of ketones is 1. The zero-order chi connectivity index (χ0) is 9.14. The van der Waals surface area contributed by atoms with E-state index < -0.39 is 11.8 Å². The summed E-state index contributed by atoms with van der Waals surface area (Å²) in [5.41, 5.74) is 0. The Bertz CT molecular complexity index is 198. The van der Waals surface area contributed by atoms with Crippen LogP contribution in [0.3, 0.4) is 0 Å². The lowest BCUT2D eigenvalue weighted by Crippen LogP contribution is -2.27. The van der Waals surface area contributed by atoms with Crippen molar-refractivity contribution in [2.24, 2.45) is 5.92 Å². The molecule has 0 aromatic carbocycles. The fourth-order valence-electron chi connectivity index (χ4n) is 0.918. The highest BCUT2D eigenvalue weighted by molar-refractivity contribution is 9.10. The van der Waals surface area contributed by atoms with Crippen LogP contribution in [0.2, 0.25) is 0 Å². The summed E-state index contributed by atoms with van der Waals surface area (Å²) in [6, 6.07) is 0. The van der Waals surface area contributed by atoms with Gasteiger partial charge in [-0.2, -0.15) is 0 Å². The highest BCUT2D eigenvalue weighted by atomic mass is 79.9. The van der Waals surface area contributed by atoms with Crippen LogP contribution in [0.4, 0.5) is 0 Å². The van der Waals surface area contributed by atoms with Gasteiger partial charge in [-0.1, -0.05) is 15.9 Å². The molecular formula is C8H11BrO3. The largest absolute Gasteiger partial charge is 0.460 e. The first-order valence-electron chi connectivity index (χ1n) is 4.01. The van der Waals surface area contributed by atoms with E-state index in [2.05, 4.69) is 20.7 Å². The van der Waals surface area contributed by atoms with E-state index in [4.69, 9.17) is 0 Å². The number of hydrogen-bond donors (Lipinski definition) is 0. The van der Waals surface area contributed by atoms with Crippen molar-refractivity contribution in [1.29, 1.82) is 0 Å². The van der Waals surface area contributed by atoms with Gasteiger partial charge in [0.15, 0.2) is 0 Å². The Labute approximate surface area is 79.6 Å². The van der Waals surface area contributed by atoms with Gasteiger partial charge < -0.3 is 4.74 Å². The summed E-state index contributed by atoms with van der Waals surface area (Å²) in [5.74, 6) is -0.812. The Morgan fingerprint density at radius 3 is 2.58 bits per heavy atom. The maximum Gasteiger partial charge on any atom is 0.375 e. The van der Waals surface area contributed by atoms with Crippen molar-refractivity contribution in [2.45, 2.75) is 24.6 Å². The number of halogens is 1. The highest BCUT2D eigenvalue weighted by Crippen LogP contribution is 2.37. The number of rotatable bonds is 4. The van der Waals surface area contributed by atoms with Gasteiger partial charge in [-0.15, -0.1) is 0 Å². The summed E-state index contributed by atoms with van der Waals surface area (Å²) in [6.07, 6.45) is 2.06. The third-order valence-electron chi connectivity index (χ3n) is 1.76. The number of ether oxygens (including phenoxy) is 1. The molecule has 1 fully saturated rings. The van der Waals surface area contributed by atoms with Gasteiger partial charge >= 0.3 is 5.97 Å². The minimum absolute atomic E-state index is 0.259. The van der Waals surface area contributed by atoms with Gasteiger partial charge in [0.05, 0.1) is 11.4 Å². The third kappa shape index (κ3) is 2.30. The van der Waals surface area contributed by atoms with Crippen LogP contribution in [0.15, 0.2) is 0 Å². The molecule has 0 N–H and O–H groups in total. The molecule has 0 radical (unpaired) electrons. The van der Waals surface area contributed by atoms with E-state index in [-0.39, 0.29) is 11.4 Å². The van der Waals surface area contributed by atoms with Crippen LogP contribution < -0.4 is 0 Å². The summed E-state index contributed by atoms with van der Waals surface area (Å²) >= 11 is 3.19. The predicted molar refractivity (Wildman–Crippen MR) is 47.1 cm³/mol. The van der Waals surface area contributed by atoms with Crippen LogP contribution in [-0.2, 0) is 14.3 Å². The standard InChI is InChI=1S/C8H11BrO3/c1-2-12-8(11)7(10)6(9)5-3-4-5/h5-6H,2-4H2,1H3. The van der Waals surface area contributed by atoms with E-state index in [1.807, 2.05) is 0 Å². The number of esters is 1. The summed E-state index contributed by atoms with van der Waals surface area (Å²) < 4.78 is 4.58. The predicted octanol–water partition coefficient (Wildman–Crippen LogP) is 1.29. The smallest absolute Gasteiger partial charge is 0.375 e. The zero-order valence-electron chi connectivity index (χ0n) is 6.88. The monoisotopic (exact) mass is 234 g/mol. The van der Waals surface area contributed by atoms with Gasteiger partial charge in [0.25, 0.3) is 5.78 Å². The Kier molecular flexibility index (Phi) is 3.26. The van der Waals surface area contributed by atoms with Crippen LogP contribution in [0.1, 0.15) is 19.8 Å². The van der Waals surface area contributed by atoms with Crippen molar-refractivity contribution in [1.82, 2.24) is 0 Å². The molecule has 1 atom stereocenters. The average Bonchev–Trinajstić information content (AvgIpc) is 2.84. The van der Waals surface area contributed by atoms with Crippen molar-refractivity contribution in [3.63, 3.8) is 0 Å². The molecule has 1 unspecified atom stereocenters. The van der Waals surface area contributed by atoms with Gasteiger partial charge in [-0.25, -0.2) is 4.79 Å². The number of Topliss-reactive ketones (excluding diaryl/α,β-unsaturated/α-hetero) is 1. The molecule has 0 saturated heterocycles. The first-order chi connectivity index (χ1) is 5.66. The van der Waals surface area contributed by atoms with Crippen molar-refractivity contribution in [3.05, 3.63) is 0 Å². The lowest BCUT2D eigenvalue weighted by Gasteiger charge is -2.05. The van der Waals surface area contributed by atoms with E-state index in [1.54, 1.807) is 6.92 Å². The molecular weight excluding hydrogens is 224 g/mol. The van der Waals surface area contributed by atoms with Crippen molar-refractivity contribution >= 4 is 27.7 Å². The van der Waals surface area contributed by atoms with E-state index >= 15 is 0 Å². The lowest BCUT2D eigenvalue weighted by molar-refractivity contribution is -0.153. The van der Waals surface area contributed by atoms with Gasteiger partial charge in [0, 0.05) is 0 Å². The molecule has 68 valence electrons. The third-order valence-corrected chi connectivity index (χ3v) is 2.93. The molecule has 0 bridgehead atoms. The van der Waals surface area contributed by atoms with E-state index in [0.717, 1.165) is 12.8 Å². The van der Waals surface area contributed by atoms with Crippen molar-refractivity contribution in [3.8, 4) is 0 Å². The van der Waals surface area contributed by atoms with Crippen LogP contribution in [-0.4, -0.2) is 23.2 Å². The maximum atomic E-state index is 11.2. The topological polar surface area (TPSA) is 43.4 Å². The van der Waals surface area contributed by atoms with Gasteiger partial charge in [0.1, 0.15) is 0 Å². The van der Waals surface area contributed by atoms with Crippen LogP contribution in [0.25, 0.3) is 0 Å². The van der Waals surface area contributed by atoms with Crippen LogP contribution in [0, 0.1) is 5.92 Å². The normalized spacial score (nSPS) is 18.5. The second-order valence-electron chi connectivity index (χ2n) is 2.82. The molecule has 4 heteroatoms. The summed E-state index contributed by atoms with van der Waals surface area (Å²) in [5, 5.41) is 0. The molecule has 0 aromatic rings.